The van der Waals surface area contributed by atoms with E-state index in [0.717, 1.165) is 0 Å². The highest BCUT2D eigenvalue weighted by Crippen LogP contribution is 2.41. The zero-order valence-electron chi connectivity index (χ0n) is 15.7. The Hall–Kier alpha value is -3.56. The first-order chi connectivity index (χ1) is 13.2. The lowest BCUT2D eigenvalue weighted by Gasteiger charge is -2.29. The molecule has 0 saturated carbocycles. The van der Waals surface area contributed by atoms with Crippen molar-refractivity contribution in [2.75, 3.05) is 6.61 Å². The molecule has 0 spiro atoms. The number of nitrogens with two attached hydrogens (primary N) is 2. The van der Waals surface area contributed by atoms with Crippen LogP contribution in [0.4, 0.5) is 5.69 Å². The van der Waals surface area contributed by atoms with Crippen molar-refractivity contribution in [1.82, 2.24) is 5.32 Å². The van der Waals surface area contributed by atoms with Crippen molar-refractivity contribution >= 4 is 17.6 Å². The highest BCUT2D eigenvalue weighted by atomic mass is 16.6. The van der Waals surface area contributed by atoms with Gasteiger partial charge in [0.25, 0.3) is 5.69 Å². The summed E-state index contributed by atoms with van der Waals surface area (Å²) >= 11 is 0. The fraction of sp³-hybridized carbons (Fsp3) is 0.333. The molecule has 10 nitrogen and oxygen atoms in total. The lowest BCUT2D eigenvalue weighted by molar-refractivity contribution is -0.385. The zero-order chi connectivity index (χ0) is 21.0. The molecule has 0 fully saturated rings. The Bertz CT molecular complexity index is 875. The summed E-state index contributed by atoms with van der Waals surface area (Å²) in [6, 6.07) is 5.71. The Balaban J connectivity index is 2.75. The Labute approximate surface area is 161 Å². The van der Waals surface area contributed by atoms with Gasteiger partial charge in [-0.1, -0.05) is 18.2 Å². The minimum absolute atomic E-state index is 0.0458. The summed E-state index contributed by atoms with van der Waals surface area (Å²) in [5.41, 5.74) is 11.4. The number of rotatable bonds is 6. The third kappa shape index (κ3) is 4.05. The fourth-order valence-electron chi connectivity index (χ4n) is 2.89. The average molecular weight is 390 g/mol. The van der Waals surface area contributed by atoms with Crippen LogP contribution in [-0.4, -0.2) is 29.6 Å². The standard InChI is InChI=1S/C18H22N4O6/c1-4-27-17(23)13-12(10-7-5-6-8-11(10)22(25)26)14(16(20)21-15(13)19)18(24)28-9(2)3/h5-9,12,21H,4,19-20H2,1-3H3. The van der Waals surface area contributed by atoms with E-state index in [9.17, 15) is 19.7 Å². The van der Waals surface area contributed by atoms with Crippen LogP contribution in [0.3, 0.4) is 0 Å². The van der Waals surface area contributed by atoms with E-state index >= 15 is 0 Å². The summed E-state index contributed by atoms with van der Waals surface area (Å²) in [5.74, 6) is -3.18. The number of dihydropyridines is 1. The average Bonchev–Trinajstić information content (AvgIpc) is 2.60. The van der Waals surface area contributed by atoms with Crippen molar-refractivity contribution in [2.24, 2.45) is 11.5 Å². The summed E-state index contributed by atoms with van der Waals surface area (Å²) in [6.07, 6.45) is -0.478. The van der Waals surface area contributed by atoms with Gasteiger partial charge in [0.1, 0.15) is 11.6 Å². The van der Waals surface area contributed by atoms with Crippen LogP contribution in [0.5, 0.6) is 0 Å². The molecule has 0 aromatic heterocycles. The first kappa shape index (κ1) is 20.7. The predicted molar refractivity (Wildman–Crippen MR) is 99.3 cm³/mol. The van der Waals surface area contributed by atoms with Crippen LogP contribution in [-0.2, 0) is 19.1 Å². The van der Waals surface area contributed by atoms with Crippen LogP contribution in [0.1, 0.15) is 32.3 Å². The zero-order valence-corrected chi connectivity index (χ0v) is 15.7. The van der Waals surface area contributed by atoms with Gasteiger partial charge in [0, 0.05) is 11.6 Å². The SMILES string of the molecule is CCOC(=O)C1=C(N)NC(N)=C(C(=O)OC(C)C)C1c1ccccc1[N+](=O)[O-]. The molecule has 0 saturated heterocycles. The van der Waals surface area contributed by atoms with Crippen LogP contribution < -0.4 is 16.8 Å². The van der Waals surface area contributed by atoms with Crippen molar-refractivity contribution in [2.45, 2.75) is 32.8 Å². The summed E-state index contributed by atoms with van der Waals surface area (Å²) in [7, 11) is 0. The lowest BCUT2D eigenvalue weighted by atomic mass is 9.81. The molecule has 1 unspecified atom stereocenters. The Morgan fingerprint density at radius 3 is 2.29 bits per heavy atom. The quantitative estimate of drug-likeness (QED) is 0.367. The fourth-order valence-corrected chi connectivity index (χ4v) is 2.89. The van der Waals surface area contributed by atoms with E-state index in [2.05, 4.69) is 5.32 Å². The molecule has 0 bridgehead atoms. The highest BCUT2D eigenvalue weighted by molar-refractivity contribution is 6.00. The van der Waals surface area contributed by atoms with Gasteiger partial charge in [0.2, 0.25) is 0 Å². The van der Waals surface area contributed by atoms with E-state index in [1.807, 2.05) is 0 Å². The van der Waals surface area contributed by atoms with Gasteiger partial charge in [0.15, 0.2) is 0 Å². The number of carbonyl (C=O) groups excluding carboxylic acids is 2. The highest BCUT2D eigenvalue weighted by Gasteiger charge is 2.42. The van der Waals surface area contributed by atoms with Crippen molar-refractivity contribution in [3.8, 4) is 0 Å². The summed E-state index contributed by atoms with van der Waals surface area (Å²) in [4.78, 5) is 36.2. The second-order valence-corrected chi connectivity index (χ2v) is 6.20. The van der Waals surface area contributed by atoms with Crippen LogP contribution >= 0.6 is 0 Å². The molecule has 1 aromatic carbocycles. The number of nitro benzene ring substituents is 1. The molecule has 0 radical (unpaired) electrons. The van der Waals surface area contributed by atoms with E-state index in [0.29, 0.717) is 0 Å². The molecular formula is C18H22N4O6. The van der Waals surface area contributed by atoms with Crippen LogP contribution in [0, 0.1) is 10.1 Å². The number of benzene rings is 1. The molecule has 1 aliphatic rings. The smallest absolute Gasteiger partial charge is 0.338 e. The number of nitrogens with one attached hydrogen (secondary N) is 1. The summed E-state index contributed by atoms with van der Waals surface area (Å²) in [6.45, 7) is 4.93. The maximum Gasteiger partial charge on any atom is 0.338 e. The van der Waals surface area contributed by atoms with Crippen molar-refractivity contribution in [3.63, 3.8) is 0 Å². The number of nitro groups is 1. The molecular weight excluding hydrogens is 368 g/mol. The Morgan fingerprint density at radius 1 is 1.18 bits per heavy atom. The molecule has 10 heteroatoms. The molecule has 1 aromatic rings. The minimum atomic E-state index is -1.23. The topological polar surface area (TPSA) is 160 Å². The van der Waals surface area contributed by atoms with Crippen molar-refractivity contribution < 1.29 is 24.0 Å². The Morgan fingerprint density at radius 2 is 1.75 bits per heavy atom. The predicted octanol–water partition coefficient (Wildman–Crippen LogP) is 1.14. The van der Waals surface area contributed by atoms with Gasteiger partial charge in [-0.2, -0.15) is 0 Å². The number of para-hydroxylation sites is 1. The molecule has 1 atom stereocenters. The number of nitrogens with zero attached hydrogens (tertiary/aromatic N) is 1. The molecule has 28 heavy (non-hydrogen) atoms. The second-order valence-electron chi connectivity index (χ2n) is 6.20. The molecule has 5 N–H and O–H groups in total. The van der Waals surface area contributed by atoms with E-state index in [-0.39, 0.29) is 40.6 Å². The van der Waals surface area contributed by atoms with Gasteiger partial charge in [-0.15, -0.1) is 0 Å². The maximum atomic E-state index is 12.7. The Kier molecular flexibility index (Phi) is 6.24. The summed E-state index contributed by atoms with van der Waals surface area (Å²) < 4.78 is 10.3. The minimum Gasteiger partial charge on any atom is -0.463 e. The van der Waals surface area contributed by atoms with Gasteiger partial charge in [0.05, 0.1) is 34.7 Å². The number of hydrogen-bond acceptors (Lipinski definition) is 9. The molecule has 2 rings (SSSR count). The lowest BCUT2D eigenvalue weighted by Crippen LogP contribution is -2.40. The number of hydrogen-bond donors (Lipinski definition) is 3. The third-order valence-corrected chi connectivity index (χ3v) is 3.93. The van der Waals surface area contributed by atoms with E-state index in [1.165, 1.54) is 18.2 Å². The van der Waals surface area contributed by atoms with Gasteiger partial charge >= 0.3 is 11.9 Å². The molecule has 0 amide bonds. The first-order valence-electron chi connectivity index (χ1n) is 8.56. The maximum absolute atomic E-state index is 12.7. The normalized spacial score (nSPS) is 16.6. The van der Waals surface area contributed by atoms with E-state index < -0.39 is 28.9 Å². The monoisotopic (exact) mass is 390 g/mol. The van der Waals surface area contributed by atoms with Crippen LogP contribution in [0.15, 0.2) is 47.1 Å². The number of ether oxygens (including phenoxy) is 2. The van der Waals surface area contributed by atoms with E-state index in [4.69, 9.17) is 20.9 Å². The van der Waals surface area contributed by atoms with Gasteiger partial charge in [-0.05, 0) is 20.8 Å². The first-order valence-corrected chi connectivity index (χ1v) is 8.56. The van der Waals surface area contributed by atoms with Crippen molar-refractivity contribution in [3.05, 3.63) is 62.7 Å². The second kappa shape index (κ2) is 8.42. The molecule has 1 aliphatic heterocycles. The van der Waals surface area contributed by atoms with Crippen LogP contribution in [0.25, 0.3) is 0 Å². The van der Waals surface area contributed by atoms with Crippen molar-refractivity contribution in [1.29, 1.82) is 0 Å². The third-order valence-electron chi connectivity index (χ3n) is 3.93. The van der Waals surface area contributed by atoms with E-state index in [1.54, 1.807) is 26.8 Å². The van der Waals surface area contributed by atoms with Crippen LogP contribution in [0.2, 0.25) is 0 Å². The summed E-state index contributed by atoms with van der Waals surface area (Å²) in [5, 5.41) is 14.1. The number of esters is 2. The van der Waals surface area contributed by atoms with Gasteiger partial charge in [-0.25, -0.2) is 9.59 Å². The largest absolute Gasteiger partial charge is 0.463 e. The number of carbonyl (C=O) groups is 2. The van der Waals surface area contributed by atoms with Gasteiger partial charge < -0.3 is 26.3 Å². The molecule has 0 aliphatic carbocycles. The van der Waals surface area contributed by atoms with Gasteiger partial charge in [-0.3, -0.25) is 10.1 Å². The molecule has 1 heterocycles. The molecule has 150 valence electrons.